The van der Waals surface area contributed by atoms with E-state index in [0.717, 1.165) is 27.8 Å². The fourth-order valence-electron chi connectivity index (χ4n) is 7.64. The van der Waals surface area contributed by atoms with Gasteiger partial charge in [0.25, 0.3) is 5.91 Å². The van der Waals surface area contributed by atoms with E-state index in [1.54, 1.807) is 13.0 Å². The molecule has 0 radical (unpaired) electrons. The summed E-state index contributed by atoms with van der Waals surface area (Å²) < 4.78 is 51.8. The third kappa shape index (κ3) is 8.96. The number of ether oxygens (including phenoxy) is 2. The standard InChI is InChI=1S/C46H47F3N6O6/c1-8-20-60-40(56)18-16-32-25(5)34(22-36-30(10-3)27(7)43(58)52-36)50-37(32)24-38-33(17-19-41(57)61-21-9-2)26(6)35(51-38)23-39-42(31(11-4)44(59)53-39)28-12-14-29(15-13-28)45(54-55-45)46(47,48)49/h8-10,12-15,22-24,27,50-51H,1-2,11,16-21H2,3-7H3,(H,52,58)/b30-10+,35-23-,36-22-,38-24-. The Kier molecular flexibility index (Phi) is 12.9. The van der Waals surface area contributed by atoms with Gasteiger partial charge in [0.1, 0.15) is 13.2 Å². The molecule has 3 aliphatic rings. The van der Waals surface area contributed by atoms with Gasteiger partial charge in [0.2, 0.25) is 5.91 Å². The van der Waals surface area contributed by atoms with Crippen molar-refractivity contribution < 1.29 is 41.8 Å². The second-order valence-corrected chi connectivity index (χ2v) is 14.8. The summed E-state index contributed by atoms with van der Waals surface area (Å²) in [5.41, 5.74) is 5.05. The number of aromatic amines is 2. The number of H-pyrrole nitrogens is 2. The topological polar surface area (TPSA) is 167 Å². The summed E-state index contributed by atoms with van der Waals surface area (Å²) in [5, 5.41) is 10.8. The van der Waals surface area contributed by atoms with Crippen LogP contribution in [0.1, 0.15) is 84.8 Å². The minimum atomic E-state index is -4.69. The van der Waals surface area contributed by atoms with Gasteiger partial charge in [-0.15, -0.1) is 10.2 Å². The first-order valence-corrected chi connectivity index (χ1v) is 19.9. The molecule has 1 unspecified atom stereocenters. The van der Waals surface area contributed by atoms with E-state index in [1.165, 1.54) is 36.4 Å². The van der Waals surface area contributed by atoms with Crippen molar-refractivity contribution in [1.29, 1.82) is 0 Å². The average Bonchev–Trinajstić information content (AvgIpc) is 3.75. The maximum Gasteiger partial charge on any atom is 0.442 e. The lowest BCUT2D eigenvalue weighted by molar-refractivity contribution is -0.166. The number of halogens is 3. The smallest absolute Gasteiger partial charge is 0.442 e. The largest absolute Gasteiger partial charge is 0.461 e. The van der Waals surface area contributed by atoms with E-state index < -0.39 is 29.7 Å². The van der Waals surface area contributed by atoms with Gasteiger partial charge >= 0.3 is 23.8 Å². The van der Waals surface area contributed by atoms with Crippen LogP contribution in [0.3, 0.4) is 0 Å². The summed E-state index contributed by atoms with van der Waals surface area (Å²) >= 11 is 0. The van der Waals surface area contributed by atoms with Gasteiger partial charge in [0.05, 0.1) is 11.6 Å². The van der Waals surface area contributed by atoms with Crippen LogP contribution in [0.25, 0.3) is 23.8 Å². The van der Waals surface area contributed by atoms with Crippen LogP contribution < -0.4 is 16.0 Å². The molecule has 2 amide bonds. The number of aliphatic imine (C=N–C) groups is 1. The van der Waals surface area contributed by atoms with E-state index in [1.807, 2.05) is 45.9 Å². The number of benzene rings is 1. The Morgan fingerprint density at radius 3 is 2.05 bits per heavy atom. The zero-order valence-electron chi connectivity index (χ0n) is 34.6. The molecule has 5 heterocycles. The fourth-order valence-corrected chi connectivity index (χ4v) is 7.64. The summed E-state index contributed by atoms with van der Waals surface area (Å²) in [6, 6.07) is 5.62. The third-order valence-corrected chi connectivity index (χ3v) is 11.0. The Morgan fingerprint density at radius 1 is 0.869 bits per heavy atom. The first kappa shape index (κ1) is 43.9. The summed E-state index contributed by atoms with van der Waals surface area (Å²) in [6.45, 7) is 16.7. The Morgan fingerprint density at radius 2 is 1.49 bits per heavy atom. The molecule has 0 spiro atoms. The maximum absolute atomic E-state index is 13.8. The van der Waals surface area contributed by atoms with E-state index in [9.17, 15) is 32.3 Å². The molecule has 1 aromatic carbocycles. The fraction of sp³-hybridized carbons (Fsp3) is 0.326. The van der Waals surface area contributed by atoms with E-state index in [-0.39, 0.29) is 49.9 Å². The number of hydrogen-bond acceptors (Lipinski definition) is 8. The van der Waals surface area contributed by atoms with Crippen molar-refractivity contribution >= 4 is 53.3 Å². The number of carbonyl (C=O) groups excluding carboxylic acids is 4. The molecule has 6 rings (SSSR count). The number of esters is 2. The molecule has 3 aliphatic heterocycles. The number of aromatic nitrogens is 2. The van der Waals surface area contributed by atoms with Crippen LogP contribution in [-0.2, 0) is 47.2 Å². The molecule has 2 aromatic heterocycles. The van der Waals surface area contributed by atoms with Gasteiger partial charge in [-0.05, 0) is 98.6 Å². The first-order chi connectivity index (χ1) is 29.1. The number of nitrogens with one attached hydrogen (secondary N) is 3. The SMILES string of the molecule is C=CCOC(=O)CCc1c(/C=c2\[nH]/c(=C\C3=NC(=O)C(CC)=C3c3ccc(C4(C(F)(F)F)N=N4)cc3)c(C)c2CCC(=O)OCC=C)[nH]c(/C=C2\NC(=O)C(C)\C2=C/C)c1C. The molecule has 61 heavy (non-hydrogen) atoms. The van der Waals surface area contributed by atoms with Crippen molar-refractivity contribution in [2.45, 2.75) is 78.6 Å². The van der Waals surface area contributed by atoms with Crippen LogP contribution in [0.15, 0.2) is 87.7 Å². The third-order valence-electron chi connectivity index (χ3n) is 11.0. The zero-order chi connectivity index (χ0) is 44.2. The van der Waals surface area contributed by atoms with Crippen molar-refractivity contribution in [2.24, 2.45) is 21.1 Å². The van der Waals surface area contributed by atoms with Gasteiger partial charge in [0.15, 0.2) is 0 Å². The lowest BCUT2D eigenvalue weighted by Crippen LogP contribution is -2.30. The van der Waals surface area contributed by atoms with E-state index >= 15 is 0 Å². The molecule has 0 aliphatic carbocycles. The predicted molar refractivity (Wildman–Crippen MR) is 225 cm³/mol. The lowest BCUT2D eigenvalue weighted by Gasteiger charge is -2.15. The van der Waals surface area contributed by atoms with E-state index in [2.05, 4.69) is 43.7 Å². The highest BCUT2D eigenvalue weighted by molar-refractivity contribution is 6.46. The monoisotopic (exact) mass is 836 g/mol. The first-order valence-electron chi connectivity index (χ1n) is 19.9. The summed E-state index contributed by atoms with van der Waals surface area (Å²) in [6.07, 6.45) is 6.67. The minimum absolute atomic E-state index is 0.0365. The van der Waals surface area contributed by atoms with Crippen molar-refractivity contribution in [2.75, 3.05) is 13.2 Å². The zero-order valence-corrected chi connectivity index (χ0v) is 34.6. The van der Waals surface area contributed by atoms with Crippen LogP contribution in [0.5, 0.6) is 0 Å². The quantitative estimate of drug-likeness (QED) is 0.104. The number of rotatable bonds is 16. The molecule has 0 saturated carbocycles. The van der Waals surface area contributed by atoms with Gasteiger partial charge < -0.3 is 24.8 Å². The number of nitrogens with zero attached hydrogens (tertiary/aromatic N) is 3. The van der Waals surface area contributed by atoms with Crippen molar-refractivity contribution in [3.05, 3.63) is 128 Å². The molecule has 3 N–H and O–H groups in total. The second-order valence-electron chi connectivity index (χ2n) is 14.8. The Labute approximate surface area is 350 Å². The second kappa shape index (κ2) is 17.9. The van der Waals surface area contributed by atoms with Crippen LogP contribution in [0.2, 0.25) is 0 Å². The van der Waals surface area contributed by atoms with Gasteiger partial charge in [-0.2, -0.15) is 13.2 Å². The minimum Gasteiger partial charge on any atom is -0.461 e. The van der Waals surface area contributed by atoms with Gasteiger partial charge in [-0.1, -0.05) is 62.6 Å². The number of hydrogen-bond donors (Lipinski definition) is 3. The molecule has 1 saturated heterocycles. The molecule has 1 fully saturated rings. The molecule has 1 atom stereocenters. The Bertz CT molecular complexity index is 2600. The van der Waals surface area contributed by atoms with Crippen LogP contribution in [0, 0.1) is 19.8 Å². The average molecular weight is 837 g/mol. The van der Waals surface area contributed by atoms with E-state index in [0.29, 0.717) is 63.0 Å². The molecule has 12 nitrogen and oxygen atoms in total. The van der Waals surface area contributed by atoms with Gasteiger partial charge in [-0.3, -0.25) is 19.2 Å². The van der Waals surface area contributed by atoms with Crippen molar-refractivity contribution in [3.63, 3.8) is 0 Å². The molecule has 318 valence electrons. The van der Waals surface area contributed by atoms with Crippen LogP contribution >= 0.6 is 0 Å². The molecule has 15 heteroatoms. The normalized spacial score (nSPS) is 19.0. The number of carbonyl (C=O) groups is 4. The summed E-state index contributed by atoms with van der Waals surface area (Å²) in [7, 11) is 0. The predicted octanol–water partition coefficient (Wildman–Crippen LogP) is 6.97. The number of alkyl halides is 3. The summed E-state index contributed by atoms with van der Waals surface area (Å²) in [5.74, 6) is -1.73. The van der Waals surface area contributed by atoms with Crippen molar-refractivity contribution in [3.8, 4) is 0 Å². The number of amides is 2. The maximum atomic E-state index is 13.8. The Balaban J connectivity index is 1.48. The molecule has 3 aromatic rings. The molecular weight excluding hydrogens is 790 g/mol. The highest BCUT2D eigenvalue weighted by atomic mass is 19.4. The number of allylic oxidation sites excluding steroid dienone is 3. The highest BCUT2D eigenvalue weighted by Gasteiger charge is 2.65. The van der Waals surface area contributed by atoms with Crippen molar-refractivity contribution in [1.82, 2.24) is 15.3 Å². The van der Waals surface area contributed by atoms with Gasteiger partial charge in [0, 0.05) is 57.3 Å². The highest BCUT2D eigenvalue weighted by Crippen LogP contribution is 2.52. The van der Waals surface area contributed by atoms with Gasteiger partial charge in [-0.25, -0.2) is 4.99 Å². The summed E-state index contributed by atoms with van der Waals surface area (Å²) in [4.78, 5) is 62.6. The molecular formula is C46H47F3N6O6. The van der Waals surface area contributed by atoms with Crippen LogP contribution in [-0.4, -0.2) is 58.8 Å². The Hall–Kier alpha value is -6.64. The lowest BCUT2D eigenvalue weighted by atomic mass is 9.93. The molecule has 0 bridgehead atoms. The van der Waals surface area contributed by atoms with Crippen LogP contribution in [0.4, 0.5) is 13.2 Å². The van der Waals surface area contributed by atoms with E-state index in [4.69, 9.17) is 9.47 Å².